The molecule has 5 heteroatoms. The lowest BCUT2D eigenvalue weighted by Crippen LogP contribution is -2.13. The number of aryl methyl sites for hydroxylation is 1. The number of aromatic nitrogens is 2. The highest BCUT2D eigenvalue weighted by atomic mass is 35.5. The summed E-state index contributed by atoms with van der Waals surface area (Å²) in [6.45, 7) is 4.32. The standard InChI is InChI=1S/C14H19N3O.ClH/c1-3-18-14-6-4-12(5-7-14)10-15-11-13-8-9-17(2)16-13;/h4-9,15H,3,10-11H2,1-2H3;1H. The van der Waals surface area contributed by atoms with Gasteiger partial charge in [0.05, 0.1) is 12.3 Å². The molecule has 19 heavy (non-hydrogen) atoms. The zero-order valence-corrected chi connectivity index (χ0v) is 12.1. The second-order valence-electron chi connectivity index (χ2n) is 4.16. The molecule has 0 aliphatic rings. The molecule has 1 aromatic heterocycles. The molecule has 0 bridgehead atoms. The van der Waals surface area contributed by atoms with Crippen LogP contribution in [0.15, 0.2) is 36.5 Å². The van der Waals surface area contributed by atoms with Crippen LogP contribution in [0.2, 0.25) is 0 Å². The topological polar surface area (TPSA) is 39.1 Å². The summed E-state index contributed by atoms with van der Waals surface area (Å²) in [5.74, 6) is 0.922. The summed E-state index contributed by atoms with van der Waals surface area (Å²) >= 11 is 0. The van der Waals surface area contributed by atoms with E-state index in [9.17, 15) is 0 Å². The second kappa shape index (κ2) is 7.81. The van der Waals surface area contributed by atoms with Crippen molar-refractivity contribution in [1.29, 1.82) is 0 Å². The zero-order chi connectivity index (χ0) is 12.8. The summed E-state index contributed by atoms with van der Waals surface area (Å²) < 4.78 is 7.22. The van der Waals surface area contributed by atoms with Crippen LogP contribution in [0.5, 0.6) is 5.75 Å². The van der Waals surface area contributed by atoms with E-state index in [-0.39, 0.29) is 12.4 Å². The van der Waals surface area contributed by atoms with Gasteiger partial charge in [0.1, 0.15) is 5.75 Å². The van der Waals surface area contributed by atoms with Crippen molar-refractivity contribution in [3.63, 3.8) is 0 Å². The van der Waals surface area contributed by atoms with Crippen LogP contribution in [0.1, 0.15) is 18.2 Å². The van der Waals surface area contributed by atoms with Crippen LogP contribution >= 0.6 is 12.4 Å². The van der Waals surface area contributed by atoms with Gasteiger partial charge in [-0.1, -0.05) is 12.1 Å². The Morgan fingerprint density at radius 3 is 2.47 bits per heavy atom. The quantitative estimate of drug-likeness (QED) is 0.884. The van der Waals surface area contributed by atoms with Gasteiger partial charge in [0, 0.05) is 26.3 Å². The molecule has 0 radical (unpaired) electrons. The number of hydrogen-bond donors (Lipinski definition) is 1. The maximum absolute atomic E-state index is 5.40. The van der Waals surface area contributed by atoms with Gasteiger partial charge in [-0.25, -0.2) is 0 Å². The van der Waals surface area contributed by atoms with Gasteiger partial charge in [0.25, 0.3) is 0 Å². The van der Waals surface area contributed by atoms with Gasteiger partial charge in [0.15, 0.2) is 0 Å². The number of halogens is 1. The Morgan fingerprint density at radius 1 is 1.16 bits per heavy atom. The number of ether oxygens (including phenoxy) is 1. The predicted octanol–water partition coefficient (Wildman–Crippen LogP) is 2.53. The third kappa shape index (κ3) is 4.93. The van der Waals surface area contributed by atoms with Crippen molar-refractivity contribution in [2.75, 3.05) is 6.61 Å². The smallest absolute Gasteiger partial charge is 0.119 e. The van der Waals surface area contributed by atoms with Gasteiger partial charge in [0.2, 0.25) is 0 Å². The largest absolute Gasteiger partial charge is 0.494 e. The third-order valence-electron chi connectivity index (χ3n) is 2.64. The lowest BCUT2D eigenvalue weighted by molar-refractivity contribution is 0.340. The second-order valence-corrected chi connectivity index (χ2v) is 4.16. The molecule has 0 aliphatic heterocycles. The Kier molecular flexibility index (Phi) is 6.39. The number of hydrogen-bond acceptors (Lipinski definition) is 3. The van der Waals surface area contributed by atoms with Crippen LogP contribution in [0.4, 0.5) is 0 Å². The number of nitrogens with one attached hydrogen (secondary N) is 1. The molecule has 0 spiro atoms. The number of benzene rings is 1. The molecule has 2 aromatic rings. The molecule has 104 valence electrons. The molecule has 2 rings (SSSR count). The van der Waals surface area contributed by atoms with Gasteiger partial charge in [-0.3, -0.25) is 4.68 Å². The lowest BCUT2D eigenvalue weighted by atomic mass is 10.2. The monoisotopic (exact) mass is 281 g/mol. The highest BCUT2D eigenvalue weighted by molar-refractivity contribution is 5.85. The van der Waals surface area contributed by atoms with E-state index >= 15 is 0 Å². The fraction of sp³-hybridized carbons (Fsp3) is 0.357. The van der Waals surface area contributed by atoms with Gasteiger partial charge in [-0.05, 0) is 30.7 Å². The molecule has 1 heterocycles. The molecular weight excluding hydrogens is 262 g/mol. The van der Waals surface area contributed by atoms with Gasteiger partial charge in [-0.2, -0.15) is 5.10 Å². The minimum Gasteiger partial charge on any atom is -0.494 e. The van der Waals surface area contributed by atoms with E-state index in [4.69, 9.17) is 4.74 Å². The molecule has 0 atom stereocenters. The van der Waals surface area contributed by atoms with E-state index in [1.54, 1.807) is 0 Å². The molecule has 0 amide bonds. The Labute approximate surface area is 120 Å². The minimum absolute atomic E-state index is 0. The number of nitrogens with zero attached hydrogens (tertiary/aromatic N) is 2. The average molecular weight is 282 g/mol. The summed E-state index contributed by atoms with van der Waals surface area (Å²) in [6.07, 6.45) is 1.95. The van der Waals surface area contributed by atoms with Crippen LogP contribution < -0.4 is 10.1 Å². The van der Waals surface area contributed by atoms with Gasteiger partial charge < -0.3 is 10.1 Å². The molecule has 4 nitrogen and oxygen atoms in total. The average Bonchev–Trinajstić information content (AvgIpc) is 2.78. The molecule has 0 aliphatic carbocycles. The van der Waals surface area contributed by atoms with E-state index in [0.29, 0.717) is 6.61 Å². The Balaban J connectivity index is 0.00000180. The summed E-state index contributed by atoms with van der Waals surface area (Å²) in [5.41, 5.74) is 2.30. The maximum Gasteiger partial charge on any atom is 0.119 e. The van der Waals surface area contributed by atoms with E-state index in [1.807, 2.05) is 43.0 Å². The maximum atomic E-state index is 5.40. The van der Waals surface area contributed by atoms with Gasteiger partial charge >= 0.3 is 0 Å². The van der Waals surface area contributed by atoms with Crippen molar-refractivity contribution in [3.05, 3.63) is 47.8 Å². The first kappa shape index (κ1) is 15.5. The first-order valence-corrected chi connectivity index (χ1v) is 6.19. The van der Waals surface area contributed by atoms with Crippen LogP contribution in [0, 0.1) is 0 Å². The van der Waals surface area contributed by atoms with Crippen LogP contribution in [-0.2, 0) is 20.1 Å². The zero-order valence-electron chi connectivity index (χ0n) is 11.3. The van der Waals surface area contributed by atoms with Crippen LogP contribution in [0.3, 0.4) is 0 Å². The highest BCUT2D eigenvalue weighted by Crippen LogP contribution is 2.11. The number of rotatable bonds is 6. The van der Waals surface area contributed by atoms with Gasteiger partial charge in [-0.15, -0.1) is 12.4 Å². The highest BCUT2D eigenvalue weighted by Gasteiger charge is 1.98. The lowest BCUT2D eigenvalue weighted by Gasteiger charge is -2.05. The fourth-order valence-corrected chi connectivity index (χ4v) is 1.76. The van der Waals surface area contributed by atoms with Crippen molar-refractivity contribution < 1.29 is 4.74 Å². The summed E-state index contributed by atoms with van der Waals surface area (Å²) in [5, 5.41) is 7.68. The van der Waals surface area contributed by atoms with E-state index < -0.39 is 0 Å². The van der Waals surface area contributed by atoms with Crippen molar-refractivity contribution in [2.45, 2.75) is 20.0 Å². The molecular formula is C14H20ClN3O. The Morgan fingerprint density at radius 2 is 1.89 bits per heavy atom. The molecule has 0 unspecified atom stereocenters. The summed E-state index contributed by atoms with van der Waals surface area (Å²) in [7, 11) is 1.93. The molecule has 0 saturated carbocycles. The Bertz CT molecular complexity index is 482. The SMILES string of the molecule is CCOc1ccc(CNCc2ccn(C)n2)cc1.Cl. The van der Waals surface area contributed by atoms with Crippen molar-refractivity contribution in [3.8, 4) is 5.75 Å². The van der Waals surface area contributed by atoms with E-state index in [0.717, 1.165) is 24.5 Å². The molecule has 0 saturated heterocycles. The normalized spacial score (nSPS) is 10.0. The predicted molar refractivity (Wildman–Crippen MR) is 78.6 cm³/mol. The molecule has 1 N–H and O–H groups in total. The molecule has 1 aromatic carbocycles. The Hall–Kier alpha value is -1.52. The minimum atomic E-state index is 0. The summed E-state index contributed by atoms with van der Waals surface area (Å²) in [6, 6.07) is 10.2. The van der Waals surface area contributed by atoms with Crippen molar-refractivity contribution in [2.24, 2.45) is 7.05 Å². The third-order valence-corrected chi connectivity index (χ3v) is 2.64. The van der Waals surface area contributed by atoms with Crippen LogP contribution in [0.25, 0.3) is 0 Å². The van der Waals surface area contributed by atoms with E-state index in [2.05, 4.69) is 22.5 Å². The van der Waals surface area contributed by atoms with Crippen molar-refractivity contribution >= 4 is 12.4 Å². The summed E-state index contributed by atoms with van der Waals surface area (Å²) in [4.78, 5) is 0. The van der Waals surface area contributed by atoms with Crippen LogP contribution in [-0.4, -0.2) is 16.4 Å². The van der Waals surface area contributed by atoms with E-state index in [1.165, 1.54) is 5.56 Å². The first-order chi connectivity index (χ1) is 8.78. The first-order valence-electron chi connectivity index (χ1n) is 6.19. The fourth-order valence-electron chi connectivity index (χ4n) is 1.76. The molecule has 0 fully saturated rings. The van der Waals surface area contributed by atoms with Crippen molar-refractivity contribution in [1.82, 2.24) is 15.1 Å².